The molecule has 98 valence electrons. The van der Waals surface area contributed by atoms with Gasteiger partial charge in [-0.25, -0.2) is 9.37 Å². The van der Waals surface area contributed by atoms with Gasteiger partial charge in [0.05, 0.1) is 11.2 Å². The molecule has 0 saturated heterocycles. The molecule has 0 aliphatic heterocycles. The molecule has 0 aromatic carbocycles. The van der Waals surface area contributed by atoms with Crippen molar-refractivity contribution in [3.05, 3.63) is 23.6 Å². The molecule has 1 aromatic heterocycles. The van der Waals surface area contributed by atoms with Crippen molar-refractivity contribution in [2.24, 2.45) is 0 Å². The van der Waals surface area contributed by atoms with Crippen LogP contribution in [0.25, 0.3) is 0 Å². The van der Waals surface area contributed by atoms with Gasteiger partial charge in [-0.1, -0.05) is 0 Å². The first-order valence-corrected chi connectivity index (χ1v) is 5.81. The lowest BCUT2D eigenvalue weighted by atomic mass is 9.80. The van der Waals surface area contributed by atoms with Crippen LogP contribution in [0.2, 0.25) is 0 Å². The first-order valence-electron chi connectivity index (χ1n) is 5.81. The van der Waals surface area contributed by atoms with Crippen molar-refractivity contribution in [1.82, 2.24) is 10.3 Å². The van der Waals surface area contributed by atoms with Gasteiger partial charge < -0.3 is 15.8 Å². The third kappa shape index (κ3) is 2.28. The summed E-state index contributed by atoms with van der Waals surface area (Å²) in [7, 11) is 1.62. The zero-order valence-electron chi connectivity index (χ0n) is 10.2. The maximum absolute atomic E-state index is 13.6. The fraction of sp³-hybridized carbons (Fsp3) is 0.500. The number of hydrogen-bond donors (Lipinski definition) is 2. The molecule has 0 radical (unpaired) electrons. The summed E-state index contributed by atoms with van der Waals surface area (Å²) in [5.74, 6) is -1.55. The van der Waals surface area contributed by atoms with Crippen molar-refractivity contribution >= 4 is 11.7 Å². The number of carbonyl (C=O) groups is 1. The van der Waals surface area contributed by atoms with Crippen molar-refractivity contribution in [3.63, 3.8) is 0 Å². The molecule has 1 aliphatic rings. The van der Waals surface area contributed by atoms with E-state index in [-0.39, 0.29) is 17.0 Å². The number of amides is 1. The minimum absolute atomic E-state index is 0.0897. The van der Waals surface area contributed by atoms with E-state index in [9.17, 15) is 9.18 Å². The van der Waals surface area contributed by atoms with E-state index < -0.39 is 11.7 Å². The summed E-state index contributed by atoms with van der Waals surface area (Å²) >= 11 is 0. The fourth-order valence-corrected chi connectivity index (χ4v) is 2.00. The third-order valence-electron chi connectivity index (χ3n) is 3.43. The predicted molar refractivity (Wildman–Crippen MR) is 64.5 cm³/mol. The Hall–Kier alpha value is -1.69. The summed E-state index contributed by atoms with van der Waals surface area (Å²) in [4.78, 5) is 15.4. The Labute approximate surface area is 105 Å². The van der Waals surface area contributed by atoms with Gasteiger partial charge in [0.2, 0.25) is 0 Å². The lowest BCUT2D eigenvalue weighted by Gasteiger charge is -2.40. The van der Waals surface area contributed by atoms with Crippen molar-refractivity contribution in [2.75, 3.05) is 19.4 Å². The van der Waals surface area contributed by atoms with E-state index in [2.05, 4.69) is 10.3 Å². The highest BCUT2D eigenvalue weighted by Crippen LogP contribution is 2.34. The van der Waals surface area contributed by atoms with Gasteiger partial charge in [0.1, 0.15) is 0 Å². The molecule has 18 heavy (non-hydrogen) atoms. The monoisotopic (exact) mass is 253 g/mol. The van der Waals surface area contributed by atoms with Crippen molar-refractivity contribution < 1.29 is 13.9 Å². The first kappa shape index (κ1) is 12.8. The van der Waals surface area contributed by atoms with Crippen molar-refractivity contribution in [2.45, 2.75) is 24.9 Å². The van der Waals surface area contributed by atoms with E-state index in [0.717, 1.165) is 19.3 Å². The number of methoxy groups -OCH3 is 1. The molecule has 0 bridgehead atoms. The largest absolute Gasteiger partial charge is 0.381 e. The number of ether oxygens (including phenoxy) is 1. The highest BCUT2D eigenvalue weighted by atomic mass is 19.1. The number of rotatable bonds is 4. The van der Waals surface area contributed by atoms with Crippen LogP contribution in [-0.4, -0.2) is 30.1 Å². The Bertz CT molecular complexity index is 455. The van der Waals surface area contributed by atoms with Gasteiger partial charge in [-0.2, -0.15) is 0 Å². The lowest BCUT2D eigenvalue weighted by molar-refractivity contribution is -0.0679. The maximum Gasteiger partial charge on any atom is 0.254 e. The maximum atomic E-state index is 13.6. The van der Waals surface area contributed by atoms with E-state index in [1.807, 2.05) is 0 Å². The second-order valence-electron chi connectivity index (χ2n) is 4.48. The van der Waals surface area contributed by atoms with Gasteiger partial charge in [-0.05, 0) is 25.3 Å². The SMILES string of the molecule is COC1(CNC(=O)c2ccnc(N)c2F)CCC1. The second-order valence-corrected chi connectivity index (χ2v) is 4.48. The van der Waals surface area contributed by atoms with Crippen LogP contribution in [0.4, 0.5) is 10.2 Å². The van der Waals surface area contributed by atoms with Gasteiger partial charge in [0.15, 0.2) is 11.6 Å². The van der Waals surface area contributed by atoms with Gasteiger partial charge >= 0.3 is 0 Å². The predicted octanol–water partition coefficient (Wildman–Crippen LogP) is 1.10. The normalized spacial score (nSPS) is 17.0. The molecule has 2 rings (SSSR count). The number of carbonyl (C=O) groups excluding carboxylic acids is 1. The van der Waals surface area contributed by atoms with Crippen LogP contribution in [-0.2, 0) is 4.74 Å². The highest BCUT2D eigenvalue weighted by Gasteiger charge is 2.37. The number of halogens is 1. The van der Waals surface area contributed by atoms with Crippen LogP contribution < -0.4 is 11.1 Å². The molecule has 1 amide bonds. The first-order chi connectivity index (χ1) is 8.58. The third-order valence-corrected chi connectivity index (χ3v) is 3.43. The minimum Gasteiger partial charge on any atom is -0.381 e. The zero-order chi connectivity index (χ0) is 13.2. The molecular formula is C12H16FN3O2. The summed E-state index contributed by atoms with van der Waals surface area (Å²) in [6.45, 7) is 0.379. The Kier molecular flexibility index (Phi) is 3.47. The molecule has 1 aliphatic carbocycles. The number of nitrogens with zero attached hydrogens (tertiary/aromatic N) is 1. The molecular weight excluding hydrogens is 237 g/mol. The van der Waals surface area contributed by atoms with E-state index >= 15 is 0 Å². The molecule has 1 saturated carbocycles. The molecule has 1 aromatic rings. The van der Waals surface area contributed by atoms with E-state index in [0.29, 0.717) is 6.54 Å². The van der Waals surface area contributed by atoms with Gasteiger partial charge in [-0.3, -0.25) is 4.79 Å². The van der Waals surface area contributed by atoms with Crippen LogP contribution in [0.1, 0.15) is 29.6 Å². The Morgan fingerprint density at radius 3 is 2.94 bits per heavy atom. The average molecular weight is 253 g/mol. The Morgan fingerprint density at radius 2 is 2.39 bits per heavy atom. The number of nitrogen functional groups attached to an aromatic ring is 1. The summed E-state index contributed by atoms with van der Waals surface area (Å²) in [6.07, 6.45) is 4.21. The summed E-state index contributed by atoms with van der Waals surface area (Å²) in [5.41, 5.74) is 4.94. The Balaban J connectivity index is 2.02. The summed E-state index contributed by atoms with van der Waals surface area (Å²) in [5, 5.41) is 2.67. The topological polar surface area (TPSA) is 77.2 Å². The van der Waals surface area contributed by atoms with E-state index in [4.69, 9.17) is 10.5 Å². The molecule has 0 spiro atoms. The Morgan fingerprint density at radius 1 is 1.67 bits per heavy atom. The minimum atomic E-state index is -0.782. The number of nitrogens with one attached hydrogen (secondary N) is 1. The standard InChI is InChI=1S/C12H16FN3O2/c1-18-12(4-2-5-12)7-16-11(17)8-3-6-15-10(14)9(8)13/h3,6H,2,4-5,7H2,1H3,(H2,14,15)(H,16,17). The molecule has 1 fully saturated rings. The van der Waals surface area contributed by atoms with E-state index in [1.165, 1.54) is 12.3 Å². The van der Waals surface area contributed by atoms with Crippen LogP contribution in [0.5, 0.6) is 0 Å². The van der Waals surface area contributed by atoms with E-state index in [1.54, 1.807) is 7.11 Å². The molecule has 1 heterocycles. The van der Waals surface area contributed by atoms with Crippen molar-refractivity contribution in [1.29, 1.82) is 0 Å². The summed E-state index contributed by atoms with van der Waals surface area (Å²) < 4.78 is 18.9. The van der Waals surface area contributed by atoms with Crippen LogP contribution in [0, 0.1) is 5.82 Å². The smallest absolute Gasteiger partial charge is 0.254 e. The zero-order valence-corrected chi connectivity index (χ0v) is 10.2. The highest BCUT2D eigenvalue weighted by molar-refractivity contribution is 5.95. The molecule has 5 nitrogen and oxygen atoms in total. The number of nitrogens with two attached hydrogens (primary N) is 1. The fourth-order valence-electron chi connectivity index (χ4n) is 2.00. The van der Waals surface area contributed by atoms with Gasteiger partial charge in [0.25, 0.3) is 5.91 Å². The molecule has 0 atom stereocenters. The van der Waals surface area contributed by atoms with Crippen molar-refractivity contribution in [3.8, 4) is 0 Å². The quantitative estimate of drug-likeness (QED) is 0.842. The molecule has 3 N–H and O–H groups in total. The summed E-state index contributed by atoms with van der Waals surface area (Å²) in [6, 6.07) is 1.31. The van der Waals surface area contributed by atoms with Gasteiger partial charge in [0, 0.05) is 19.9 Å². The van der Waals surface area contributed by atoms with Crippen LogP contribution in [0.15, 0.2) is 12.3 Å². The second kappa shape index (κ2) is 4.89. The number of aromatic nitrogens is 1. The molecule has 6 heteroatoms. The molecule has 0 unspecified atom stereocenters. The lowest BCUT2D eigenvalue weighted by Crippen LogP contribution is -2.49. The number of pyridine rings is 1. The van der Waals surface area contributed by atoms with Gasteiger partial charge in [-0.15, -0.1) is 0 Å². The van der Waals surface area contributed by atoms with Crippen LogP contribution >= 0.6 is 0 Å². The van der Waals surface area contributed by atoms with Crippen LogP contribution in [0.3, 0.4) is 0 Å². The average Bonchev–Trinajstić information content (AvgIpc) is 2.31. The number of hydrogen-bond acceptors (Lipinski definition) is 4. The number of anilines is 1.